The molecule has 8 nitrogen and oxygen atoms in total. The summed E-state index contributed by atoms with van der Waals surface area (Å²) in [5.41, 5.74) is 2.62. The summed E-state index contributed by atoms with van der Waals surface area (Å²) in [7, 11) is 3.07. The number of hydrogen-bond acceptors (Lipinski definition) is 7. The van der Waals surface area contributed by atoms with E-state index in [1.807, 2.05) is 35.0 Å². The summed E-state index contributed by atoms with van der Waals surface area (Å²) < 4.78 is 32.5. The molecule has 0 atom stereocenters. The second-order valence-electron chi connectivity index (χ2n) is 8.21. The molecule has 192 valence electrons. The zero-order valence-electron chi connectivity index (χ0n) is 20.4. The van der Waals surface area contributed by atoms with E-state index in [-0.39, 0.29) is 21.8 Å². The summed E-state index contributed by atoms with van der Waals surface area (Å²) in [6.45, 7) is 0.299. The van der Waals surface area contributed by atoms with Crippen LogP contribution in [-0.2, 0) is 11.3 Å². The minimum Gasteiger partial charge on any atom is -0.497 e. The number of thioether (sulfide) groups is 1. The number of carbonyl (C=O) groups is 1. The first-order chi connectivity index (χ1) is 18.4. The molecular weight excluding hydrogens is 509 g/mol. The van der Waals surface area contributed by atoms with Crippen LogP contribution in [0.4, 0.5) is 4.39 Å². The lowest BCUT2D eigenvalue weighted by atomic mass is 10.1. The third-order valence-electron chi connectivity index (χ3n) is 5.82. The summed E-state index contributed by atoms with van der Waals surface area (Å²) in [5, 5.41) is 18.9. The minimum atomic E-state index is -1.15. The van der Waals surface area contributed by atoms with Crippen molar-refractivity contribution in [3.8, 4) is 23.0 Å². The van der Waals surface area contributed by atoms with E-state index in [1.54, 1.807) is 42.5 Å². The molecule has 2 aromatic heterocycles. The lowest BCUT2D eigenvalue weighted by molar-refractivity contribution is -0.131. The molecule has 0 spiro atoms. The number of benzene rings is 3. The smallest absolute Gasteiger partial charge is 0.342 e. The van der Waals surface area contributed by atoms with E-state index < -0.39 is 5.97 Å². The van der Waals surface area contributed by atoms with Crippen molar-refractivity contribution in [2.45, 2.75) is 11.8 Å². The van der Waals surface area contributed by atoms with Crippen molar-refractivity contribution in [2.24, 2.45) is 0 Å². The van der Waals surface area contributed by atoms with Crippen molar-refractivity contribution < 1.29 is 28.2 Å². The number of nitrogens with zero attached hydrogens (tertiary/aromatic N) is 3. The molecule has 0 aliphatic carbocycles. The van der Waals surface area contributed by atoms with Gasteiger partial charge in [-0.25, -0.2) is 9.18 Å². The van der Waals surface area contributed by atoms with E-state index in [0.29, 0.717) is 34.7 Å². The van der Waals surface area contributed by atoms with Gasteiger partial charge in [-0.2, -0.15) is 0 Å². The van der Waals surface area contributed by atoms with Gasteiger partial charge >= 0.3 is 5.97 Å². The number of methoxy groups -OCH3 is 2. The molecule has 0 amide bonds. The van der Waals surface area contributed by atoms with Gasteiger partial charge in [0.25, 0.3) is 5.22 Å². The number of aromatic nitrogens is 3. The maximum Gasteiger partial charge on any atom is 0.342 e. The second-order valence-corrected chi connectivity index (χ2v) is 9.20. The van der Waals surface area contributed by atoms with E-state index in [4.69, 9.17) is 13.9 Å². The molecule has 2 heterocycles. The summed E-state index contributed by atoms with van der Waals surface area (Å²) in [6, 6.07) is 19.3. The van der Waals surface area contributed by atoms with Crippen molar-refractivity contribution in [1.29, 1.82) is 0 Å². The molecule has 0 aliphatic heterocycles. The fourth-order valence-corrected chi connectivity index (χ4v) is 4.66. The molecule has 38 heavy (non-hydrogen) atoms. The van der Waals surface area contributed by atoms with E-state index in [0.717, 1.165) is 22.7 Å². The minimum absolute atomic E-state index is 0.0165. The molecule has 3 aromatic carbocycles. The molecule has 0 radical (unpaired) electrons. The summed E-state index contributed by atoms with van der Waals surface area (Å²) in [4.78, 5) is 12.1. The van der Waals surface area contributed by atoms with Gasteiger partial charge in [0.15, 0.2) is 0 Å². The maximum absolute atomic E-state index is 14.3. The highest BCUT2D eigenvalue weighted by molar-refractivity contribution is 8.03. The van der Waals surface area contributed by atoms with Crippen molar-refractivity contribution in [3.63, 3.8) is 0 Å². The number of carboxylic acids is 1. The Morgan fingerprint density at radius 1 is 1.05 bits per heavy atom. The van der Waals surface area contributed by atoms with Gasteiger partial charge in [-0.1, -0.05) is 36.4 Å². The number of para-hydroxylation sites is 1. The predicted molar refractivity (Wildman–Crippen MR) is 142 cm³/mol. The van der Waals surface area contributed by atoms with E-state index in [2.05, 4.69) is 10.2 Å². The molecule has 0 fully saturated rings. The summed E-state index contributed by atoms with van der Waals surface area (Å²) in [5.74, 6) is -0.168. The number of halogens is 1. The average molecular weight is 532 g/mol. The lowest BCUT2D eigenvalue weighted by Crippen LogP contribution is -2.00. The summed E-state index contributed by atoms with van der Waals surface area (Å²) >= 11 is 0.841. The van der Waals surface area contributed by atoms with Crippen LogP contribution in [0.1, 0.15) is 11.1 Å². The Balaban J connectivity index is 1.47. The van der Waals surface area contributed by atoms with Gasteiger partial charge in [0, 0.05) is 39.9 Å². The van der Waals surface area contributed by atoms with Crippen molar-refractivity contribution in [1.82, 2.24) is 14.8 Å². The van der Waals surface area contributed by atoms with Crippen LogP contribution in [-0.4, -0.2) is 40.1 Å². The topological polar surface area (TPSA) is 99.6 Å². The molecule has 5 rings (SSSR count). The normalized spacial score (nSPS) is 11.6. The average Bonchev–Trinajstić information content (AvgIpc) is 3.54. The van der Waals surface area contributed by atoms with Crippen LogP contribution in [0, 0.1) is 5.82 Å². The van der Waals surface area contributed by atoms with Crippen LogP contribution in [0.15, 0.2) is 87.5 Å². The Labute approximate surface area is 221 Å². The molecule has 5 aromatic rings. The Bertz CT molecular complexity index is 1640. The Kier molecular flexibility index (Phi) is 7.14. The SMILES string of the molecule is COc1cc(OC)cc(-c2nnc(S/C(=C\c3cn(Cc4ccccc4F)c4ccccc34)C(=O)O)o2)c1. The van der Waals surface area contributed by atoms with Gasteiger partial charge in [-0.3, -0.25) is 0 Å². The van der Waals surface area contributed by atoms with E-state index in [9.17, 15) is 14.3 Å². The van der Waals surface area contributed by atoms with Gasteiger partial charge in [0.1, 0.15) is 22.2 Å². The first-order valence-corrected chi connectivity index (χ1v) is 12.3. The van der Waals surface area contributed by atoms with Crippen LogP contribution in [0.25, 0.3) is 28.4 Å². The highest BCUT2D eigenvalue weighted by Crippen LogP contribution is 2.34. The standard InChI is InChI=1S/C28H22FN3O5S/c1-35-20-11-18(12-21(14-20)36-2)26-30-31-28(37-26)38-25(27(33)34)13-19-16-32(24-10-6-4-8-22(19)24)15-17-7-3-5-9-23(17)29/h3-14,16H,15H2,1-2H3,(H,33,34)/b25-13-. The zero-order chi connectivity index (χ0) is 26.6. The van der Waals surface area contributed by atoms with Gasteiger partial charge in [0.05, 0.1) is 20.8 Å². The largest absolute Gasteiger partial charge is 0.497 e. The van der Waals surface area contributed by atoms with Crippen LogP contribution in [0.5, 0.6) is 11.5 Å². The highest BCUT2D eigenvalue weighted by atomic mass is 32.2. The van der Waals surface area contributed by atoms with E-state index in [1.165, 1.54) is 20.3 Å². The summed E-state index contributed by atoms with van der Waals surface area (Å²) in [6.07, 6.45) is 3.36. The number of fused-ring (bicyclic) bond motifs is 1. The number of aliphatic carboxylic acids is 1. The van der Waals surface area contributed by atoms with Crippen LogP contribution < -0.4 is 9.47 Å². The monoisotopic (exact) mass is 531 g/mol. The molecular formula is C28H22FN3O5S. The molecule has 0 saturated heterocycles. The van der Waals surface area contributed by atoms with Crippen molar-refractivity contribution >= 4 is 34.7 Å². The first-order valence-electron chi connectivity index (χ1n) is 11.5. The quantitative estimate of drug-likeness (QED) is 0.180. The maximum atomic E-state index is 14.3. The van der Waals surface area contributed by atoms with Gasteiger partial charge < -0.3 is 23.6 Å². The van der Waals surface area contributed by atoms with Gasteiger partial charge in [-0.05, 0) is 42.1 Å². The molecule has 0 saturated carbocycles. The Morgan fingerprint density at radius 2 is 1.76 bits per heavy atom. The molecule has 10 heteroatoms. The Morgan fingerprint density at radius 3 is 2.47 bits per heavy atom. The number of rotatable bonds is 9. The number of ether oxygens (including phenoxy) is 2. The second kappa shape index (κ2) is 10.8. The fourth-order valence-electron chi connectivity index (χ4n) is 4.00. The first kappa shape index (κ1) is 25.1. The molecule has 1 N–H and O–H groups in total. The predicted octanol–water partition coefficient (Wildman–Crippen LogP) is 6.11. The Hall–Kier alpha value is -4.57. The number of carboxylic acid groups (broad SMARTS) is 1. The van der Waals surface area contributed by atoms with Crippen molar-refractivity contribution in [3.05, 3.63) is 94.8 Å². The van der Waals surface area contributed by atoms with Gasteiger partial charge in [-0.15, -0.1) is 10.2 Å². The van der Waals surface area contributed by atoms with Crippen LogP contribution in [0.2, 0.25) is 0 Å². The van der Waals surface area contributed by atoms with Crippen molar-refractivity contribution in [2.75, 3.05) is 14.2 Å². The number of hydrogen-bond donors (Lipinski definition) is 1. The molecule has 0 aliphatic rings. The third kappa shape index (κ3) is 5.25. The third-order valence-corrected chi connectivity index (χ3v) is 6.67. The zero-order valence-corrected chi connectivity index (χ0v) is 21.2. The van der Waals surface area contributed by atoms with E-state index >= 15 is 0 Å². The fraction of sp³-hybridized carbons (Fsp3) is 0.107. The highest BCUT2D eigenvalue weighted by Gasteiger charge is 2.18. The molecule has 0 unspecified atom stereocenters. The lowest BCUT2D eigenvalue weighted by Gasteiger charge is -2.06. The molecule has 0 bridgehead atoms. The van der Waals surface area contributed by atoms with Crippen LogP contribution >= 0.6 is 11.8 Å². The van der Waals surface area contributed by atoms with Crippen LogP contribution in [0.3, 0.4) is 0 Å². The van der Waals surface area contributed by atoms with Gasteiger partial charge in [0.2, 0.25) is 5.89 Å².